The normalized spacial score (nSPS) is 11.0. The summed E-state index contributed by atoms with van der Waals surface area (Å²) in [4.78, 5) is 20.9. The van der Waals surface area contributed by atoms with Gasteiger partial charge in [0, 0.05) is 12.7 Å². The third kappa shape index (κ3) is 3.03. The van der Waals surface area contributed by atoms with E-state index in [4.69, 9.17) is 4.74 Å². The lowest BCUT2D eigenvalue weighted by atomic mass is 10.1. The number of H-pyrrole nitrogens is 1. The number of hydrogen-bond acceptors (Lipinski definition) is 3. The summed E-state index contributed by atoms with van der Waals surface area (Å²) in [7, 11) is 1.88. The Labute approximate surface area is 163 Å². The summed E-state index contributed by atoms with van der Waals surface area (Å²) in [5.74, 6) is 1.40. The molecule has 0 aliphatic rings. The zero-order valence-corrected chi connectivity index (χ0v) is 16.1. The van der Waals surface area contributed by atoms with Crippen LogP contribution >= 0.6 is 0 Å². The van der Waals surface area contributed by atoms with Gasteiger partial charge in [-0.15, -0.1) is 0 Å². The Hall–Kier alpha value is -3.54. The van der Waals surface area contributed by atoms with Crippen LogP contribution in [0.5, 0.6) is 5.75 Å². The molecule has 0 saturated carbocycles. The fourth-order valence-corrected chi connectivity index (χ4v) is 3.33. The lowest BCUT2D eigenvalue weighted by Crippen LogP contribution is -2.20. The molecular weight excluding hydrogens is 352 g/mol. The largest absolute Gasteiger partial charge is 0.494 e. The standard InChI is InChI=1S/C22H22N4O2/c1-4-28-18-12-10-16(11-13-18)19-14-23-21(24-19)20-15(2)25(3)26(22(20)27)17-8-6-5-7-9-17/h5-14H,4H2,1-3H3,(H,23,24). The van der Waals surface area contributed by atoms with E-state index in [2.05, 4.69) is 9.97 Å². The molecule has 0 spiro atoms. The number of benzene rings is 2. The quantitative estimate of drug-likeness (QED) is 0.575. The van der Waals surface area contributed by atoms with Crippen molar-refractivity contribution in [3.8, 4) is 34.1 Å². The Morgan fingerprint density at radius 3 is 2.46 bits per heavy atom. The molecule has 4 aromatic rings. The third-order valence-corrected chi connectivity index (χ3v) is 4.84. The third-order valence-electron chi connectivity index (χ3n) is 4.84. The van der Waals surface area contributed by atoms with Gasteiger partial charge in [0.05, 0.1) is 24.2 Å². The summed E-state index contributed by atoms with van der Waals surface area (Å²) in [5, 5.41) is 0. The second-order valence-electron chi connectivity index (χ2n) is 6.54. The molecule has 2 heterocycles. The number of nitrogens with one attached hydrogen (secondary N) is 1. The number of hydrogen-bond donors (Lipinski definition) is 1. The van der Waals surface area contributed by atoms with Crippen molar-refractivity contribution < 1.29 is 4.74 Å². The van der Waals surface area contributed by atoms with Crippen LogP contribution < -0.4 is 10.3 Å². The van der Waals surface area contributed by atoms with E-state index in [0.717, 1.165) is 28.4 Å². The van der Waals surface area contributed by atoms with Crippen molar-refractivity contribution in [2.24, 2.45) is 7.05 Å². The van der Waals surface area contributed by atoms with Gasteiger partial charge in [-0.1, -0.05) is 18.2 Å². The van der Waals surface area contributed by atoms with Gasteiger partial charge in [-0.3, -0.25) is 9.48 Å². The molecule has 0 amide bonds. The van der Waals surface area contributed by atoms with Crippen molar-refractivity contribution >= 4 is 0 Å². The van der Waals surface area contributed by atoms with Crippen LogP contribution in [0, 0.1) is 6.92 Å². The number of aromatic nitrogens is 4. The number of nitrogens with zero attached hydrogens (tertiary/aromatic N) is 3. The fourth-order valence-electron chi connectivity index (χ4n) is 3.33. The molecule has 4 rings (SSSR count). The van der Waals surface area contributed by atoms with Gasteiger partial charge in [0.25, 0.3) is 5.56 Å². The van der Waals surface area contributed by atoms with Crippen molar-refractivity contribution in [1.82, 2.24) is 19.3 Å². The second kappa shape index (κ2) is 7.23. The Kier molecular flexibility index (Phi) is 4.61. The molecule has 2 aromatic carbocycles. The number of rotatable bonds is 5. The van der Waals surface area contributed by atoms with E-state index in [1.54, 1.807) is 10.9 Å². The highest BCUT2D eigenvalue weighted by atomic mass is 16.5. The Balaban J connectivity index is 1.74. The summed E-state index contributed by atoms with van der Waals surface area (Å²) in [6.45, 7) is 4.52. The van der Waals surface area contributed by atoms with Crippen molar-refractivity contribution in [3.05, 3.63) is 76.8 Å². The molecule has 0 aliphatic carbocycles. The first-order chi connectivity index (χ1) is 13.6. The van der Waals surface area contributed by atoms with Crippen LogP contribution in [0.2, 0.25) is 0 Å². The molecule has 6 nitrogen and oxygen atoms in total. The van der Waals surface area contributed by atoms with Crippen molar-refractivity contribution in [3.63, 3.8) is 0 Å². The summed E-state index contributed by atoms with van der Waals surface area (Å²) in [6.07, 6.45) is 1.75. The van der Waals surface area contributed by atoms with Gasteiger partial charge in [-0.05, 0) is 55.8 Å². The highest BCUT2D eigenvalue weighted by Gasteiger charge is 2.20. The molecular formula is C22H22N4O2. The smallest absolute Gasteiger partial charge is 0.282 e. The van der Waals surface area contributed by atoms with Crippen molar-refractivity contribution in [1.29, 1.82) is 0 Å². The van der Waals surface area contributed by atoms with Crippen LogP contribution in [-0.4, -0.2) is 25.9 Å². The van der Waals surface area contributed by atoms with Gasteiger partial charge >= 0.3 is 0 Å². The minimum atomic E-state index is -0.0983. The predicted molar refractivity (Wildman–Crippen MR) is 110 cm³/mol. The maximum atomic E-state index is 13.1. The van der Waals surface area contributed by atoms with Crippen LogP contribution in [0.3, 0.4) is 0 Å². The topological polar surface area (TPSA) is 64.8 Å². The number of aromatic amines is 1. The number of imidazole rings is 1. The monoisotopic (exact) mass is 374 g/mol. The molecule has 0 fully saturated rings. The maximum absolute atomic E-state index is 13.1. The lowest BCUT2D eigenvalue weighted by Gasteiger charge is -2.07. The first-order valence-corrected chi connectivity index (χ1v) is 9.22. The van der Waals surface area contributed by atoms with E-state index < -0.39 is 0 Å². The highest BCUT2D eigenvalue weighted by molar-refractivity contribution is 5.66. The summed E-state index contributed by atoms with van der Waals surface area (Å²) >= 11 is 0. The second-order valence-corrected chi connectivity index (χ2v) is 6.54. The first kappa shape index (κ1) is 17.9. The molecule has 0 aliphatic heterocycles. The molecule has 1 N–H and O–H groups in total. The van der Waals surface area contributed by atoms with Crippen LogP contribution in [0.25, 0.3) is 28.3 Å². The van der Waals surface area contributed by atoms with Crippen molar-refractivity contribution in [2.45, 2.75) is 13.8 Å². The molecule has 2 aromatic heterocycles. The Morgan fingerprint density at radius 1 is 1.07 bits per heavy atom. The van der Waals surface area contributed by atoms with Crippen LogP contribution in [0.4, 0.5) is 0 Å². The van der Waals surface area contributed by atoms with Gasteiger partial charge in [0.1, 0.15) is 17.1 Å². The molecule has 142 valence electrons. The molecule has 0 bridgehead atoms. The minimum Gasteiger partial charge on any atom is -0.494 e. The molecule has 0 saturated heterocycles. The summed E-state index contributed by atoms with van der Waals surface area (Å²) in [6, 6.07) is 17.4. The lowest BCUT2D eigenvalue weighted by molar-refractivity contribution is 0.340. The molecule has 0 unspecified atom stereocenters. The van der Waals surface area contributed by atoms with Gasteiger partial charge < -0.3 is 9.72 Å². The van der Waals surface area contributed by atoms with Gasteiger partial charge in [-0.25, -0.2) is 9.67 Å². The van der Waals surface area contributed by atoms with Crippen LogP contribution in [-0.2, 0) is 7.05 Å². The van der Waals surface area contributed by atoms with Gasteiger partial charge in [0.15, 0.2) is 0 Å². The van der Waals surface area contributed by atoms with Crippen molar-refractivity contribution in [2.75, 3.05) is 6.61 Å². The molecule has 0 radical (unpaired) electrons. The fraction of sp³-hybridized carbons (Fsp3) is 0.182. The average Bonchev–Trinajstić information content (AvgIpc) is 3.27. The highest BCUT2D eigenvalue weighted by Crippen LogP contribution is 2.25. The number of para-hydroxylation sites is 1. The summed E-state index contributed by atoms with van der Waals surface area (Å²) < 4.78 is 9.00. The minimum absolute atomic E-state index is 0.0983. The Morgan fingerprint density at radius 2 is 1.79 bits per heavy atom. The van der Waals surface area contributed by atoms with E-state index in [-0.39, 0.29) is 5.56 Å². The first-order valence-electron chi connectivity index (χ1n) is 9.22. The Bertz CT molecular complexity index is 1150. The summed E-state index contributed by atoms with van der Waals surface area (Å²) in [5.41, 5.74) is 3.98. The maximum Gasteiger partial charge on any atom is 0.282 e. The molecule has 6 heteroatoms. The van der Waals surface area contributed by atoms with Crippen LogP contribution in [0.15, 0.2) is 65.6 Å². The zero-order valence-electron chi connectivity index (χ0n) is 16.1. The van der Waals surface area contributed by atoms with E-state index >= 15 is 0 Å². The zero-order chi connectivity index (χ0) is 19.7. The average molecular weight is 374 g/mol. The van der Waals surface area contributed by atoms with Gasteiger partial charge in [-0.2, -0.15) is 0 Å². The SMILES string of the molecule is CCOc1ccc(-c2cnc(-c3c(C)n(C)n(-c4ccccc4)c3=O)[nH]2)cc1. The van der Waals surface area contributed by atoms with E-state index in [1.165, 1.54) is 0 Å². The van der Waals surface area contributed by atoms with Gasteiger partial charge in [0.2, 0.25) is 0 Å². The van der Waals surface area contributed by atoms with E-state index in [9.17, 15) is 4.79 Å². The van der Waals surface area contributed by atoms with Crippen LogP contribution in [0.1, 0.15) is 12.6 Å². The van der Waals surface area contributed by atoms with E-state index in [0.29, 0.717) is 18.0 Å². The predicted octanol–water partition coefficient (Wildman–Crippen LogP) is 3.94. The molecule has 0 atom stereocenters. The molecule has 28 heavy (non-hydrogen) atoms. The van der Waals surface area contributed by atoms with E-state index in [1.807, 2.05) is 80.2 Å². The number of ether oxygens (including phenoxy) is 1.